The van der Waals surface area contributed by atoms with E-state index in [9.17, 15) is 9.90 Å². The highest BCUT2D eigenvalue weighted by molar-refractivity contribution is 5.92. The molecule has 0 aromatic carbocycles. The number of hydrogen-bond acceptors (Lipinski definition) is 2. The van der Waals surface area contributed by atoms with Crippen LogP contribution in [0.5, 0.6) is 0 Å². The smallest absolute Gasteiger partial charge is 0.155 e. The van der Waals surface area contributed by atoms with Crippen LogP contribution in [0, 0.1) is 11.3 Å². The van der Waals surface area contributed by atoms with Crippen molar-refractivity contribution in [1.82, 2.24) is 0 Å². The molecule has 0 unspecified atom stereocenters. The monoisotopic (exact) mass is 208 g/mol. The lowest BCUT2D eigenvalue weighted by Gasteiger charge is -2.49. The molecule has 2 heteroatoms. The van der Waals surface area contributed by atoms with Crippen LogP contribution in [0.3, 0.4) is 0 Å². The Morgan fingerprint density at radius 2 is 2.07 bits per heavy atom. The number of rotatable bonds is 0. The summed E-state index contributed by atoms with van der Waals surface area (Å²) in [5.74, 6) is 0.430. The Morgan fingerprint density at radius 1 is 1.40 bits per heavy atom. The van der Waals surface area contributed by atoms with Gasteiger partial charge in [0.25, 0.3) is 0 Å². The fourth-order valence-electron chi connectivity index (χ4n) is 3.04. The second kappa shape index (κ2) is 3.18. The summed E-state index contributed by atoms with van der Waals surface area (Å²) in [5, 5.41) is 10.5. The number of allylic oxidation sites excluding steroid dienone is 1. The molecule has 2 aliphatic carbocycles. The third kappa shape index (κ3) is 1.55. The molecule has 0 amide bonds. The Kier molecular flexibility index (Phi) is 2.30. The topological polar surface area (TPSA) is 37.3 Å². The molecule has 0 aromatic rings. The largest absolute Gasteiger partial charge is 0.385 e. The predicted octanol–water partition coefficient (Wildman–Crippen LogP) is 2.46. The molecule has 0 spiro atoms. The van der Waals surface area contributed by atoms with Gasteiger partial charge in [0.15, 0.2) is 5.78 Å². The quantitative estimate of drug-likeness (QED) is 0.664. The van der Waals surface area contributed by atoms with Crippen molar-refractivity contribution in [3.8, 4) is 0 Å². The molecule has 2 nitrogen and oxygen atoms in total. The first kappa shape index (κ1) is 10.9. The number of carbonyl (C=O) groups excluding carboxylic acids is 1. The lowest BCUT2D eigenvalue weighted by molar-refractivity contribution is -0.117. The van der Waals surface area contributed by atoms with Gasteiger partial charge >= 0.3 is 0 Å². The van der Waals surface area contributed by atoms with Gasteiger partial charge in [-0.2, -0.15) is 0 Å². The maximum absolute atomic E-state index is 11.5. The molecular weight excluding hydrogens is 188 g/mol. The van der Waals surface area contributed by atoms with Crippen LogP contribution in [-0.4, -0.2) is 16.5 Å². The van der Waals surface area contributed by atoms with Gasteiger partial charge in [0, 0.05) is 6.42 Å². The second-order valence-electron chi connectivity index (χ2n) is 5.67. The van der Waals surface area contributed by atoms with E-state index < -0.39 is 5.60 Å². The minimum absolute atomic E-state index is 0.0594. The average molecular weight is 208 g/mol. The maximum atomic E-state index is 11.5. The van der Waals surface area contributed by atoms with Crippen LogP contribution < -0.4 is 0 Å². The van der Waals surface area contributed by atoms with E-state index in [0.717, 1.165) is 24.8 Å². The first-order valence-corrected chi connectivity index (χ1v) is 5.84. The van der Waals surface area contributed by atoms with E-state index in [1.165, 1.54) is 0 Å². The van der Waals surface area contributed by atoms with Crippen LogP contribution in [-0.2, 0) is 4.79 Å². The minimum atomic E-state index is -0.789. The molecule has 1 fully saturated rings. The van der Waals surface area contributed by atoms with Gasteiger partial charge in [-0.15, -0.1) is 0 Å². The third-order valence-electron chi connectivity index (χ3n) is 4.51. The zero-order chi connectivity index (χ0) is 11.3. The van der Waals surface area contributed by atoms with Crippen molar-refractivity contribution >= 4 is 5.78 Å². The van der Waals surface area contributed by atoms with Gasteiger partial charge in [0.1, 0.15) is 0 Å². The Bertz CT molecular complexity index is 327. The Morgan fingerprint density at radius 3 is 2.73 bits per heavy atom. The molecule has 84 valence electrons. The summed E-state index contributed by atoms with van der Waals surface area (Å²) in [4.78, 5) is 11.5. The molecule has 2 rings (SSSR count). The highest BCUT2D eigenvalue weighted by Crippen LogP contribution is 2.52. The molecule has 1 saturated carbocycles. The summed E-state index contributed by atoms with van der Waals surface area (Å²) in [7, 11) is 0. The van der Waals surface area contributed by atoms with Gasteiger partial charge in [0.05, 0.1) is 5.60 Å². The molecule has 0 radical (unpaired) electrons. The second-order valence-corrected chi connectivity index (χ2v) is 5.67. The van der Waals surface area contributed by atoms with Crippen molar-refractivity contribution in [2.75, 3.05) is 0 Å². The Balaban J connectivity index is 2.46. The van der Waals surface area contributed by atoms with Crippen LogP contribution in [0.2, 0.25) is 0 Å². The number of aliphatic hydroxyl groups is 1. The van der Waals surface area contributed by atoms with E-state index in [2.05, 4.69) is 13.8 Å². The van der Waals surface area contributed by atoms with Crippen LogP contribution in [0.25, 0.3) is 0 Å². The standard InChI is InChI=1S/C13H20O2/c1-9-4-6-12(2)7-5-10(14)8-11(12)13(9,3)15/h8-9,15H,4-7H2,1-3H3/t9-,12+,13-/m1/s1. The highest BCUT2D eigenvalue weighted by atomic mass is 16.3. The number of hydrogen-bond donors (Lipinski definition) is 1. The average Bonchev–Trinajstić information content (AvgIpc) is 2.16. The molecule has 0 bridgehead atoms. The number of ketones is 1. The van der Waals surface area contributed by atoms with Crippen LogP contribution in [0.4, 0.5) is 0 Å². The van der Waals surface area contributed by atoms with Gasteiger partial charge in [-0.25, -0.2) is 0 Å². The van der Waals surface area contributed by atoms with Gasteiger partial charge in [-0.05, 0) is 49.2 Å². The molecular formula is C13H20O2. The van der Waals surface area contributed by atoms with E-state index in [0.29, 0.717) is 6.42 Å². The van der Waals surface area contributed by atoms with Gasteiger partial charge < -0.3 is 5.11 Å². The van der Waals surface area contributed by atoms with Crippen LogP contribution >= 0.6 is 0 Å². The van der Waals surface area contributed by atoms with Crippen LogP contribution in [0.1, 0.15) is 46.5 Å². The van der Waals surface area contributed by atoms with Gasteiger partial charge in [0.2, 0.25) is 0 Å². The third-order valence-corrected chi connectivity index (χ3v) is 4.51. The SMILES string of the molecule is C[C@@H]1CC[C@@]2(C)CCC(=O)C=C2[C@]1(C)O. The summed E-state index contributed by atoms with van der Waals surface area (Å²) in [6, 6.07) is 0. The van der Waals surface area contributed by atoms with Crippen molar-refractivity contribution in [1.29, 1.82) is 0 Å². The summed E-state index contributed by atoms with van der Waals surface area (Å²) >= 11 is 0. The van der Waals surface area contributed by atoms with Crippen molar-refractivity contribution in [2.24, 2.45) is 11.3 Å². The first-order valence-electron chi connectivity index (χ1n) is 5.84. The van der Waals surface area contributed by atoms with Gasteiger partial charge in [-0.3, -0.25) is 4.79 Å². The van der Waals surface area contributed by atoms with E-state index in [1.807, 2.05) is 6.92 Å². The predicted molar refractivity (Wildman–Crippen MR) is 59.5 cm³/mol. The normalized spacial score (nSPS) is 46.0. The molecule has 0 aromatic heterocycles. The fourth-order valence-corrected chi connectivity index (χ4v) is 3.04. The molecule has 1 N–H and O–H groups in total. The minimum Gasteiger partial charge on any atom is -0.385 e. The highest BCUT2D eigenvalue weighted by Gasteiger charge is 2.48. The summed E-state index contributed by atoms with van der Waals surface area (Å²) < 4.78 is 0. The first-order chi connectivity index (χ1) is 6.86. The van der Waals surface area contributed by atoms with Gasteiger partial charge in [-0.1, -0.05) is 13.8 Å². The molecule has 0 heterocycles. The zero-order valence-electron chi connectivity index (χ0n) is 9.84. The summed E-state index contributed by atoms with van der Waals surface area (Å²) in [6.45, 7) is 6.12. The number of carbonyl (C=O) groups is 1. The lowest BCUT2D eigenvalue weighted by atomic mass is 9.57. The molecule has 2 aliphatic rings. The summed E-state index contributed by atoms with van der Waals surface area (Å²) in [5.41, 5.74) is 0.248. The van der Waals surface area contributed by atoms with Crippen molar-refractivity contribution in [3.63, 3.8) is 0 Å². The Hall–Kier alpha value is -0.630. The van der Waals surface area contributed by atoms with E-state index in [1.54, 1.807) is 6.08 Å². The molecule has 0 saturated heterocycles. The zero-order valence-corrected chi connectivity index (χ0v) is 9.84. The van der Waals surface area contributed by atoms with E-state index >= 15 is 0 Å². The van der Waals surface area contributed by atoms with Crippen molar-refractivity contribution < 1.29 is 9.90 Å². The van der Waals surface area contributed by atoms with Crippen molar-refractivity contribution in [2.45, 2.75) is 52.1 Å². The molecule has 15 heavy (non-hydrogen) atoms. The number of fused-ring (bicyclic) bond motifs is 1. The van der Waals surface area contributed by atoms with Crippen LogP contribution in [0.15, 0.2) is 11.6 Å². The lowest BCUT2D eigenvalue weighted by Crippen LogP contribution is -2.48. The van der Waals surface area contributed by atoms with Crippen molar-refractivity contribution in [3.05, 3.63) is 11.6 Å². The van der Waals surface area contributed by atoms with E-state index in [-0.39, 0.29) is 17.1 Å². The maximum Gasteiger partial charge on any atom is 0.155 e. The summed E-state index contributed by atoms with van der Waals surface area (Å²) in [6.07, 6.45) is 5.41. The molecule has 3 atom stereocenters. The Labute approximate surface area is 91.4 Å². The molecule has 0 aliphatic heterocycles. The fraction of sp³-hybridized carbons (Fsp3) is 0.769. The van der Waals surface area contributed by atoms with E-state index in [4.69, 9.17) is 0 Å².